The van der Waals surface area contributed by atoms with Crippen LogP contribution in [0.2, 0.25) is 0 Å². The van der Waals surface area contributed by atoms with Gasteiger partial charge in [0.05, 0.1) is 12.8 Å². The molecule has 1 atom stereocenters. The van der Waals surface area contributed by atoms with Gasteiger partial charge >= 0.3 is 0 Å². The molecule has 0 aliphatic rings. The van der Waals surface area contributed by atoms with Crippen LogP contribution in [-0.2, 0) is 5.60 Å². The molecule has 90 valence electrons. The highest BCUT2D eigenvalue weighted by molar-refractivity contribution is 5.26. The van der Waals surface area contributed by atoms with E-state index in [-0.39, 0.29) is 6.54 Å². The number of nitrogens with zero attached hydrogens (tertiary/aromatic N) is 2. The second-order valence-corrected chi connectivity index (χ2v) is 4.13. The predicted octanol–water partition coefficient (Wildman–Crippen LogP) is 1.70. The molecule has 0 saturated carbocycles. The summed E-state index contributed by atoms with van der Waals surface area (Å²) >= 11 is 0. The zero-order valence-corrected chi connectivity index (χ0v) is 9.84. The molecule has 0 fully saturated rings. The van der Waals surface area contributed by atoms with Crippen LogP contribution in [0.3, 0.4) is 0 Å². The summed E-state index contributed by atoms with van der Waals surface area (Å²) in [6.45, 7) is 3.84. The van der Waals surface area contributed by atoms with Crippen LogP contribution in [0.5, 0.6) is 0 Å². The molecule has 2 rings (SSSR count). The number of hydrogen-bond donors (Lipinski definition) is 2. The van der Waals surface area contributed by atoms with Crippen molar-refractivity contribution >= 4 is 5.95 Å². The van der Waals surface area contributed by atoms with Crippen molar-refractivity contribution in [2.24, 2.45) is 0 Å². The molecular weight excluding hydrogens is 218 g/mol. The van der Waals surface area contributed by atoms with Crippen molar-refractivity contribution in [2.75, 3.05) is 11.9 Å². The molecule has 5 nitrogen and oxygen atoms in total. The Morgan fingerprint density at radius 1 is 1.47 bits per heavy atom. The third-order valence-electron chi connectivity index (χ3n) is 2.44. The van der Waals surface area contributed by atoms with Crippen LogP contribution in [0, 0.1) is 6.92 Å². The maximum Gasteiger partial charge on any atom is 0.222 e. The lowest BCUT2D eigenvalue weighted by molar-refractivity contribution is 0.0475. The average molecular weight is 233 g/mol. The fourth-order valence-electron chi connectivity index (χ4n) is 1.46. The van der Waals surface area contributed by atoms with Gasteiger partial charge in [-0.25, -0.2) is 9.97 Å². The molecule has 0 aliphatic carbocycles. The number of hydrogen-bond acceptors (Lipinski definition) is 5. The molecule has 0 aliphatic heterocycles. The third kappa shape index (κ3) is 2.82. The Labute approximate surface area is 99.5 Å². The molecule has 5 heteroatoms. The van der Waals surface area contributed by atoms with Crippen LogP contribution in [-0.4, -0.2) is 21.6 Å². The van der Waals surface area contributed by atoms with Crippen LogP contribution < -0.4 is 5.32 Å². The summed E-state index contributed by atoms with van der Waals surface area (Å²) in [6, 6.07) is 5.29. The molecule has 0 bridgehead atoms. The molecule has 2 heterocycles. The molecule has 2 aromatic rings. The smallest absolute Gasteiger partial charge is 0.222 e. The zero-order chi connectivity index (χ0) is 12.3. The van der Waals surface area contributed by atoms with E-state index < -0.39 is 5.60 Å². The molecule has 0 aromatic carbocycles. The lowest BCUT2D eigenvalue weighted by atomic mass is 10.0. The Hall–Kier alpha value is -1.88. The second kappa shape index (κ2) is 4.55. The second-order valence-electron chi connectivity index (χ2n) is 4.13. The molecule has 2 aromatic heterocycles. The zero-order valence-electron chi connectivity index (χ0n) is 9.84. The summed E-state index contributed by atoms with van der Waals surface area (Å²) in [5, 5.41) is 13.2. The SMILES string of the molecule is Cc1ccnc(NCC(C)(O)c2ccco2)n1. The first-order chi connectivity index (χ1) is 8.08. The van der Waals surface area contributed by atoms with Crippen molar-refractivity contribution in [3.05, 3.63) is 42.1 Å². The molecule has 2 N–H and O–H groups in total. The number of anilines is 1. The highest BCUT2D eigenvalue weighted by Gasteiger charge is 2.26. The number of rotatable bonds is 4. The van der Waals surface area contributed by atoms with E-state index in [4.69, 9.17) is 4.42 Å². The Kier molecular flexibility index (Phi) is 3.10. The van der Waals surface area contributed by atoms with Crippen LogP contribution in [0.1, 0.15) is 18.4 Å². The van der Waals surface area contributed by atoms with E-state index in [1.54, 1.807) is 25.3 Å². The van der Waals surface area contributed by atoms with E-state index in [0.29, 0.717) is 11.7 Å². The Bertz CT molecular complexity index is 480. The van der Waals surface area contributed by atoms with Gasteiger partial charge in [-0.15, -0.1) is 0 Å². The number of aromatic nitrogens is 2. The van der Waals surface area contributed by atoms with Crippen molar-refractivity contribution in [1.29, 1.82) is 0 Å². The molecule has 17 heavy (non-hydrogen) atoms. The van der Waals surface area contributed by atoms with Gasteiger partial charge in [-0.2, -0.15) is 0 Å². The lowest BCUT2D eigenvalue weighted by Crippen LogP contribution is -2.30. The van der Waals surface area contributed by atoms with E-state index in [2.05, 4.69) is 15.3 Å². The molecule has 0 radical (unpaired) electrons. The highest BCUT2D eigenvalue weighted by Crippen LogP contribution is 2.20. The summed E-state index contributed by atoms with van der Waals surface area (Å²) in [5.74, 6) is 1.01. The number of aliphatic hydroxyl groups is 1. The van der Waals surface area contributed by atoms with Crippen molar-refractivity contribution in [1.82, 2.24) is 9.97 Å². The van der Waals surface area contributed by atoms with E-state index in [0.717, 1.165) is 5.69 Å². The normalized spacial score (nSPS) is 14.3. The minimum absolute atomic E-state index is 0.282. The van der Waals surface area contributed by atoms with Gasteiger partial charge in [0, 0.05) is 11.9 Å². The monoisotopic (exact) mass is 233 g/mol. The maximum atomic E-state index is 10.2. The first-order valence-electron chi connectivity index (χ1n) is 5.38. The lowest BCUT2D eigenvalue weighted by Gasteiger charge is -2.21. The van der Waals surface area contributed by atoms with Gasteiger partial charge < -0.3 is 14.8 Å². The van der Waals surface area contributed by atoms with E-state index in [1.807, 2.05) is 13.0 Å². The first kappa shape index (κ1) is 11.6. The Balaban J connectivity index is 2.03. The average Bonchev–Trinajstić information content (AvgIpc) is 2.81. The molecular formula is C12H15N3O2. The summed E-state index contributed by atoms with van der Waals surface area (Å²) in [7, 11) is 0. The van der Waals surface area contributed by atoms with Gasteiger partial charge in [-0.05, 0) is 32.0 Å². The van der Waals surface area contributed by atoms with Crippen molar-refractivity contribution in [3.8, 4) is 0 Å². The van der Waals surface area contributed by atoms with Crippen LogP contribution in [0.25, 0.3) is 0 Å². The van der Waals surface area contributed by atoms with E-state index in [9.17, 15) is 5.11 Å². The van der Waals surface area contributed by atoms with Gasteiger partial charge in [-0.1, -0.05) is 0 Å². The van der Waals surface area contributed by atoms with Crippen LogP contribution in [0.15, 0.2) is 35.1 Å². The molecule has 1 unspecified atom stereocenters. The van der Waals surface area contributed by atoms with E-state index in [1.165, 1.54) is 6.26 Å². The standard InChI is InChI=1S/C12H15N3O2/c1-9-5-6-13-11(15-9)14-8-12(2,16)10-4-3-7-17-10/h3-7,16H,8H2,1-2H3,(H,13,14,15). The summed E-state index contributed by atoms with van der Waals surface area (Å²) < 4.78 is 5.18. The first-order valence-corrected chi connectivity index (χ1v) is 5.38. The van der Waals surface area contributed by atoms with Crippen molar-refractivity contribution < 1.29 is 9.52 Å². The number of furan rings is 1. The quantitative estimate of drug-likeness (QED) is 0.841. The molecule has 0 saturated heterocycles. The number of aryl methyl sites for hydroxylation is 1. The van der Waals surface area contributed by atoms with E-state index >= 15 is 0 Å². The topological polar surface area (TPSA) is 71.2 Å². The minimum atomic E-state index is -1.09. The molecule has 0 spiro atoms. The van der Waals surface area contributed by atoms with Gasteiger partial charge in [-0.3, -0.25) is 0 Å². The van der Waals surface area contributed by atoms with Crippen molar-refractivity contribution in [2.45, 2.75) is 19.4 Å². The summed E-state index contributed by atoms with van der Waals surface area (Å²) in [5.41, 5.74) is -0.212. The predicted molar refractivity (Wildman–Crippen MR) is 63.5 cm³/mol. The van der Waals surface area contributed by atoms with Crippen LogP contribution >= 0.6 is 0 Å². The number of nitrogens with one attached hydrogen (secondary N) is 1. The Morgan fingerprint density at radius 2 is 2.29 bits per heavy atom. The van der Waals surface area contributed by atoms with Gasteiger partial charge in [0.25, 0.3) is 0 Å². The third-order valence-corrected chi connectivity index (χ3v) is 2.44. The van der Waals surface area contributed by atoms with Crippen molar-refractivity contribution in [3.63, 3.8) is 0 Å². The highest BCUT2D eigenvalue weighted by atomic mass is 16.4. The largest absolute Gasteiger partial charge is 0.466 e. The summed E-state index contributed by atoms with van der Waals surface area (Å²) in [4.78, 5) is 8.25. The van der Waals surface area contributed by atoms with Crippen LogP contribution in [0.4, 0.5) is 5.95 Å². The minimum Gasteiger partial charge on any atom is -0.466 e. The maximum absolute atomic E-state index is 10.2. The van der Waals surface area contributed by atoms with Gasteiger partial charge in [0.1, 0.15) is 11.4 Å². The fourth-order valence-corrected chi connectivity index (χ4v) is 1.46. The van der Waals surface area contributed by atoms with Gasteiger partial charge in [0.2, 0.25) is 5.95 Å². The summed E-state index contributed by atoms with van der Waals surface area (Å²) in [6.07, 6.45) is 3.21. The Morgan fingerprint density at radius 3 is 2.94 bits per heavy atom. The van der Waals surface area contributed by atoms with Gasteiger partial charge in [0.15, 0.2) is 0 Å². The fraction of sp³-hybridized carbons (Fsp3) is 0.333. The molecule has 0 amide bonds.